The summed E-state index contributed by atoms with van der Waals surface area (Å²) in [5.41, 5.74) is 0. The summed E-state index contributed by atoms with van der Waals surface area (Å²) in [4.78, 5) is 11.8. The van der Waals surface area contributed by atoms with E-state index in [-0.39, 0.29) is 23.9 Å². The van der Waals surface area contributed by atoms with E-state index in [4.69, 9.17) is 5.26 Å². The maximum absolute atomic E-state index is 11.8. The highest BCUT2D eigenvalue weighted by molar-refractivity contribution is 5.80. The number of carbonyl (C=O) groups excluding carboxylic acids is 1. The number of nitrogens with zero attached hydrogens (tertiary/aromatic N) is 1. The van der Waals surface area contributed by atoms with Crippen LogP contribution in [0.25, 0.3) is 0 Å². The Morgan fingerprint density at radius 1 is 1.73 bits per heavy atom. The van der Waals surface area contributed by atoms with Gasteiger partial charge in [0, 0.05) is 12.1 Å². The molecule has 4 nitrogen and oxygen atoms in total. The highest BCUT2D eigenvalue weighted by Crippen LogP contribution is 2.15. The fourth-order valence-corrected chi connectivity index (χ4v) is 1.93. The van der Waals surface area contributed by atoms with Crippen LogP contribution in [0.2, 0.25) is 0 Å². The van der Waals surface area contributed by atoms with E-state index in [1.165, 1.54) is 0 Å². The van der Waals surface area contributed by atoms with E-state index >= 15 is 0 Å². The lowest BCUT2D eigenvalue weighted by Gasteiger charge is -2.19. The van der Waals surface area contributed by atoms with Gasteiger partial charge in [-0.25, -0.2) is 0 Å². The molecule has 15 heavy (non-hydrogen) atoms. The van der Waals surface area contributed by atoms with Crippen LogP contribution in [0.1, 0.15) is 33.1 Å². The first-order valence-electron chi connectivity index (χ1n) is 5.59. The first kappa shape index (κ1) is 12.0. The van der Waals surface area contributed by atoms with E-state index in [0.29, 0.717) is 6.42 Å². The molecule has 2 N–H and O–H groups in total. The van der Waals surface area contributed by atoms with Crippen molar-refractivity contribution in [3.63, 3.8) is 0 Å². The van der Waals surface area contributed by atoms with Gasteiger partial charge >= 0.3 is 0 Å². The van der Waals surface area contributed by atoms with Gasteiger partial charge in [0.15, 0.2) is 0 Å². The molecule has 0 aromatic rings. The van der Waals surface area contributed by atoms with Gasteiger partial charge in [-0.1, -0.05) is 6.92 Å². The maximum atomic E-state index is 11.8. The van der Waals surface area contributed by atoms with Crippen LogP contribution in [0.4, 0.5) is 0 Å². The van der Waals surface area contributed by atoms with E-state index in [0.717, 1.165) is 19.4 Å². The molecule has 0 aromatic heterocycles. The van der Waals surface area contributed by atoms with Gasteiger partial charge in [0.2, 0.25) is 5.91 Å². The minimum Gasteiger partial charge on any atom is -0.352 e. The van der Waals surface area contributed by atoms with Crippen LogP contribution in [0.15, 0.2) is 0 Å². The van der Waals surface area contributed by atoms with Crippen molar-refractivity contribution in [1.82, 2.24) is 10.6 Å². The number of hydrogen-bond donors (Lipinski definition) is 2. The minimum absolute atomic E-state index is 0.00954. The lowest BCUT2D eigenvalue weighted by molar-refractivity contribution is -0.125. The summed E-state index contributed by atoms with van der Waals surface area (Å²) in [6.45, 7) is 4.93. The monoisotopic (exact) mass is 209 g/mol. The highest BCUT2D eigenvalue weighted by Gasteiger charge is 2.30. The van der Waals surface area contributed by atoms with Crippen molar-refractivity contribution in [3.05, 3.63) is 0 Å². The number of nitriles is 1. The number of nitrogens with one attached hydrogen (secondary N) is 2. The molecule has 0 saturated carbocycles. The third-order valence-corrected chi connectivity index (χ3v) is 3.04. The Balaban J connectivity index is 2.43. The van der Waals surface area contributed by atoms with Crippen LogP contribution in [0.5, 0.6) is 0 Å². The van der Waals surface area contributed by atoms with E-state index in [1.807, 2.05) is 13.8 Å². The Morgan fingerprint density at radius 3 is 2.93 bits per heavy atom. The van der Waals surface area contributed by atoms with Gasteiger partial charge in [-0.2, -0.15) is 5.26 Å². The Kier molecular flexibility index (Phi) is 4.57. The summed E-state index contributed by atoms with van der Waals surface area (Å²) in [6, 6.07) is 2.36. The molecule has 1 rings (SSSR count). The molecule has 0 aliphatic carbocycles. The summed E-state index contributed by atoms with van der Waals surface area (Å²) < 4.78 is 0. The van der Waals surface area contributed by atoms with Gasteiger partial charge in [-0.3, -0.25) is 4.79 Å². The third kappa shape index (κ3) is 3.21. The molecule has 3 atom stereocenters. The van der Waals surface area contributed by atoms with Crippen molar-refractivity contribution in [3.8, 4) is 6.07 Å². The average molecular weight is 209 g/mol. The molecule has 1 heterocycles. The van der Waals surface area contributed by atoms with E-state index in [1.54, 1.807) is 0 Å². The number of amides is 1. The summed E-state index contributed by atoms with van der Waals surface area (Å²) >= 11 is 0. The molecule has 0 radical (unpaired) electrons. The summed E-state index contributed by atoms with van der Waals surface area (Å²) in [6.07, 6.45) is 2.11. The summed E-state index contributed by atoms with van der Waals surface area (Å²) in [5.74, 6) is 0.160. The second kappa shape index (κ2) is 5.72. The van der Waals surface area contributed by atoms with Gasteiger partial charge in [0.25, 0.3) is 0 Å². The number of carbonyl (C=O) groups is 1. The molecule has 1 aliphatic heterocycles. The SMILES string of the molecule is CCC(CC#N)NC(=O)C1CCNC1C. The zero-order valence-corrected chi connectivity index (χ0v) is 9.42. The lowest BCUT2D eigenvalue weighted by atomic mass is 10.00. The minimum atomic E-state index is 0.00954. The van der Waals surface area contributed by atoms with Crippen molar-refractivity contribution >= 4 is 5.91 Å². The summed E-state index contributed by atoms with van der Waals surface area (Å²) in [5, 5.41) is 14.8. The largest absolute Gasteiger partial charge is 0.352 e. The molecule has 1 fully saturated rings. The average Bonchev–Trinajstić information content (AvgIpc) is 2.63. The van der Waals surface area contributed by atoms with Crippen molar-refractivity contribution in [2.75, 3.05) is 6.54 Å². The fourth-order valence-electron chi connectivity index (χ4n) is 1.93. The van der Waals surface area contributed by atoms with Crippen molar-refractivity contribution < 1.29 is 4.79 Å². The van der Waals surface area contributed by atoms with Crippen LogP contribution >= 0.6 is 0 Å². The summed E-state index contributed by atoms with van der Waals surface area (Å²) in [7, 11) is 0. The molecule has 84 valence electrons. The zero-order chi connectivity index (χ0) is 11.3. The zero-order valence-electron chi connectivity index (χ0n) is 9.42. The lowest BCUT2D eigenvalue weighted by Crippen LogP contribution is -2.41. The molecule has 1 aliphatic rings. The molecule has 0 aromatic carbocycles. The molecule has 1 amide bonds. The van der Waals surface area contributed by atoms with E-state index < -0.39 is 0 Å². The van der Waals surface area contributed by atoms with Crippen LogP contribution in [0.3, 0.4) is 0 Å². The molecular weight excluding hydrogens is 190 g/mol. The molecule has 1 saturated heterocycles. The van der Waals surface area contributed by atoms with Gasteiger partial charge < -0.3 is 10.6 Å². The normalized spacial score (nSPS) is 27.0. The van der Waals surface area contributed by atoms with Crippen LogP contribution < -0.4 is 10.6 Å². The molecule has 0 spiro atoms. The molecule has 3 unspecified atom stereocenters. The van der Waals surface area contributed by atoms with Crippen molar-refractivity contribution in [2.24, 2.45) is 5.92 Å². The van der Waals surface area contributed by atoms with E-state index in [9.17, 15) is 4.79 Å². The maximum Gasteiger partial charge on any atom is 0.224 e. The smallest absolute Gasteiger partial charge is 0.224 e. The van der Waals surface area contributed by atoms with E-state index in [2.05, 4.69) is 16.7 Å². The number of rotatable bonds is 4. The fraction of sp³-hybridized carbons (Fsp3) is 0.818. The van der Waals surface area contributed by atoms with Gasteiger partial charge in [-0.05, 0) is 26.3 Å². The predicted molar refractivity (Wildman–Crippen MR) is 58.0 cm³/mol. The first-order valence-corrected chi connectivity index (χ1v) is 5.59. The molecule has 4 heteroatoms. The van der Waals surface area contributed by atoms with Gasteiger partial charge in [-0.15, -0.1) is 0 Å². The Bertz CT molecular complexity index is 259. The predicted octanol–water partition coefficient (Wildman–Crippen LogP) is 0.793. The third-order valence-electron chi connectivity index (χ3n) is 3.04. The second-order valence-electron chi connectivity index (χ2n) is 4.11. The van der Waals surface area contributed by atoms with Gasteiger partial charge in [0.05, 0.1) is 18.4 Å². The molecular formula is C11H19N3O. The highest BCUT2D eigenvalue weighted by atomic mass is 16.2. The standard InChI is InChI=1S/C11H19N3O/c1-3-9(4-6-12)14-11(15)10-5-7-13-8(10)2/h8-10,13H,3-5,7H2,1-2H3,(H,14,15). The topological polar surface area (TPSA) is 64.9 Å². The number of hydrogen-bond acceptors (Lipinski definition) is 3. The van der Waals surface area contributed by atoms with Crippen LogP contribution in [-0.2, 0) is 4.79 Å². The Morgan fingerprint density at radius 2 is 2.47 bits per heavy atom. The van der Waals surface area contributed by atoms with Crippen molar-refractivity contribution in [1.29, 1.82) is 5.26 Å². The molecule has 0 bridgehead atoms. The Labute approximate surface area is 91.0 Å². The quantitative estimate of drug-likeness (QED) is 0.719. The van der Waals surface area contributed by atoms with Crippen LogP contribution in [-0.4, -0.2) is 24.5 Å². The van der Waals surface area contributed by atoms with Crippen molar-refractivity contribution in [2.45, 2.75) is 45.2 Å². The van der Waals surface area contributed by atoms with Gasteiger partial charge in [0.1, 0.15) is 0 Å². The Hall–Kier alpha value is -1.08. The van der Waals surface area contributed by atoms with Crippen LogP contribution in [0, 0.1) is 17.2 Å². The first-order chi connectivity index (χ1) is 7.19. The second-order valence-corrected chi connectivity index (χ2v) is 4.11.